The molecule has 0 radical (unpaired) electrons. The second-order valence-electron chi connectivity index (χ2n) is 6.06. The third kappa shape index (κ3) is 1.64. The number of amides is 1. The van der Waals surface area contributed by atoms with E-state index in [1.165, 1.54) is 17.2 Å². The molecule has 5 nitrogen and oxygen atoms in total. The van der Waals surface area contributed by atoms with Crippen molar-refractivity contribution in [3.8, 4) is 0 Å². The SMILES string of the molecule is CC12CCC([C@H](O)c3cncc(F)c3)(CC1)N2C(=O)O. The number of fused-ring (bicyclic) bond motifs is 2. The summed E-state index contributed by atoms with van der Waals surface area (Å²) in [5.41, 5.74) is -0.939. The number of nitrogens with zero attached hydrogens (tertiary/aromatic N) is 2. The molecule has 1 aromatic rings. The van der Waals surface area contributed by atoms with Gasteiger partial charge in [0.1, 0.15) is 11.9 Å². The summed E-state index contributed by atoms with van der Waals surface area (Å²) in [4.78, 5) is 16.7. The van der Waals surface area contributed by atoms with Gasteiger partial charge in [0, 0.05) is 17.3 Å². The fourth-order valence-electron chi connectivity index (χ4n) is 3.91. The summed E-state index contributed by atoms with van der Waals surface area (Å²) in [7, 11) is 0. The van der Waals surface area contributed by atoms with E-state index in [0.29, 0.717) is 18.4 Å². The number of aliphatic hydroxyl groups excluding tert-OH is 1. The van der Waals surface area contributed by atoms with Gasteiger partial charge < -0.3 is 10.2 Å². The molecule has 2 saturated heterocycles. The summed E-state index contributed by atoms with van der Waals surface area (Å²) in [6.07, 6.45) is 3.02. The van der Waals surface area contributed by atoms with Crippen LogP contribution in [0.4, 0.5) is 9.18 Å². The molecule has 3 rings (SSSR count). The van der Waals surface area contributed by atoms with E-state index < -0.39 is 29.1 Å². The van der Waals surface area contributed by atoms with Gasteiger partial charge in [0.05, 0.1) is 11.7 Å². The van der Waals surface area contributed by atoms with E-state index in [0.717, 1.165) is 19.0 Å². The highest BCUT2D eigenvalue weighted by atomic mass is 19.1. The monoisotopic (exact) mass is 280 g/mol. The van der Waals surface area contributed by atoms with Gasteiger partial charge in [0.25, 0.3) is 0 Å². The molecule has 2 aliphatic heterocycles. The average molecular weight is 280 g/mol. The maximum Gasteiger partial charge on any atom is 0.408 e. The first-order valence-corrected chi connectivity index (χ1v) is 6.71. The fraction of sp³-hybridized carbons (Fsp3) is 0.571. The summed E-state index contributed by atoms with van der Waals surface area (Å²) in [6, 6.07) is 1.22. The lowest BCUT2D eigenvalue weighted by Crippen LogP contribution is -2.51. The number of carboxylic acid groups (broad SMARTS) is 1. The normalized spacial score (nSPS) is 33.5. The fourth-order valence-corrected chi connectivity index (χ4v) is 3.91. The van der Waals surface area contributed by atoms with Gasteiger partial charge in [-0.15, -0.1) is 0 Å². The second-order valence-corrected chi connectivity index (χ2v) is 6.06. The Labute approximate surface area is 116 Å². The van der Waals surface area contributed by atoms with E-state index in [1.54, 1.807) is 0 Å². The molecule has 2 aliphatic rings. The molecule has 6 heteroatoms. The van der Waals surface area contributed by atoms with E-state index in [1.807, 2.05) is 6.92 Å². The number of carbonyl (C=O) groups is 1. The molecule has 1 aromatic heterocycles. The zero-order valence-corrected chi connectivity index (χ0v) is 11.2. The molecule has 20 heavy (non-hydrogen) atoms. The van der Waals surface area contributed by atoms with Crippen molar-refractivity contribution < 1.29 is 19.4 Å². The lowest BCUT2D eigenvalue weighted by atomic mass is 9.78. The van der Waals surface area contributed by atoms with E-state index in [9.17, 15) is 19.4 Å². The first-order valence-electron chi connectivity index (χ1n) is 6.71. The van der Waals surface area contributed by atoms with Gasteiger partial charge in [-0.05, 0) is 38.7 Å². The van der Waals surface area contributed by atoms with Gasteiger partial charge in [0.2, 0.25) is 0 Å². The molecule has 108 valence electrons. The van der Waals surface area contributed by atoms with Crippen molar-refractivity contribution in [2.75, 3.05) is 0 Å². The van der Waals surface area contributed by atoms with Crippen LogP contribution in [0.15, 0.2) is 18.5 Å². The molecule has 2 fully saturated rings. The number of aromatic nitrogens is 1. The largest absolute Gasteiger partial charge is 0.465 e. The second kappa shape index (κ2) is 4.15. The summed E-state index contributed by atoms with van der Waals surface area (Å²) in [6.45, 7) is 1.91. The number of hydrogen-bond acceptors (Lipinski definition) is 3. The third-order valence-corrected chi connectivity index (χ3v) is 4.92. The van der Waals surface area contributed by atoms with Crippen molar-refractivity contribution in [3.63, 3.8) is 0 Å². The zero-order chi connectivity index (χ0) is 14.5. The Kier molecular flexibility index (Phi) is 2.76. The van der Waals surface area contributed by atoms with E-state index >= 15 is 0 Å². The lowest BCUT2D eigenvalue weighted by molar-refractivity contribution is -0.00200. The predicted octanol–water partition coefficient (Wildman–Crippen LogP) is 2.32. The number of pyridine rings is 1. The van der Waals surface area contributed by atoms with Gasteiger partial charge in [-0.1, -0.05) is 0 Å². The minimum Gasteiger partial charge on any atom is -0.465 e. The van der Waals surface area contributed by atoms with Gasteiger partial charge in [-0.25, -0.2) is 9.18 Å². The lowest BCUT2D eigenvalue weighted by Gasteiger charge is -2.39. The van der Waals surface area contributed by atoms with Crippen LogP contribution < -0.4 is 0 Å². The van der Waals surface area contributed by atoms with E-state index in [2.05, 4.69) is 4.98 Å². The summed E-state index contributed by atoms with van der Waals surface area (Å²) in [5, 5.41) is 20.1. The average Bonchev–Trinajstić information content (AvgIpc) is 2.87. The highest BCUT2D eigenvalue weighted by Gasteiger charge is 2.63. The van der Waals surface area contributed by atoms with Crippen LogP contribution in [0, 0.1) is 5.82 Å². The Morgan fingerprint density at radius 3 is 2.60 bits per heavy atom. The molecule has 0 saturated carbocycles. The van der Waals surface area contributed by atoms with Crippen LogP contribution in [-0.4, -0.2) is 37.3 Å². The molecule has 2 bridgehead atoms. The van der Waals surface area contributed by atoms with Crippen LogP contribution in [0.5, 0.6) is 0 Å². The van der Waals surface area contributed by atoms with Crippen molar-refractivity contribution in [1.82, 2.24) is 9.88 Å². The quantitative estimate of drug-likeness (QED) is 0.872. The summed E-state index contributed by atoms with van der Waals surface area (Å²) in [5.74, 6) is -0.529. The Balaban J connectivity index is 2.02. The highest BCUT2D eigenvalue weighted by molar-refractivity contribution is 5.69. The predicted molar refractivity (Wildman–Crippen MR) is 68.6 cm³/mol. The molecule has 0 aromatic carbocycles. The molecular formula is C14H17FN2O3. The topological polar surface area (TPSA) is 73.7 Å². The molecule has 2 N–H and O–H groups in total. The Morgan fingerprint density at radius 2 is 2.05 bits per heavy atom. The summed E-state index contributed by atoms with van der Waals surface area (Å²) >= 11 is 0. The number of rotatable bonds is 2. The first kappa shape index (κ1) is 13.3. The Bertz CT molecular complexity index is 555. The summed E-state index contributed by atoms with van der Waals surface area (Å²) < 4.78 is 13.3. The van der Waals surface area contributed by atoms with Crippen molar-refractivity contribution in [2.24, 2.45) is 0 Å². The van der Waals surface area contributed by atoms with Gasteiger partial charge in [-0.2, -0.15) is 0 Å². The molecule has 3 heterocycles. The smallest absolute Gasteiger partial charge is 0.408 e. The molecular weight excluding hydrogens is 263 g/mol. The maximum atomic E-state index is 13.3. The Morgan fingerprint density at radius 1 is 1.40 bits per heavy atom. The third-order valence-electron chi connectivity index (χ3n) is 4.92. The van der Waals surface area contributed by atoms with Crippen molar-refractivity contribution in [2.45, 2.75) is 49.8 Å². The first-order chi connectivity index (χ1) is 9.39. The standard InChI is InChI=1S/C14H17FN2O3/c1-13-2-4-14(5-3-13,17(13)12(19)20)11(18)9-6-10(15)8-16-7-9/h6-8,11,18H,2-5H2,1H3,(H,19,20)/t11-,13?,14?/m1/s1. The molecule has 1 amide bonds. The van der Waals surface area contributed by atoms with Crippen molar-refractivity contribution in [3.05, 3.63) is 29.8 Å². The number of aliphatic hydroxyl groups is 1. The molecule has 1 atom stereocenters. The van der Waals surface area contributed by atoms with Crippen LogP contribution in [0.1, 0.15) is 44.3 Å². The van der Waals surface area contributed by atoms with Gasteiger partial charge >= 0.3 is 6.09 Å². The van der Waals surface area contributed by atoms with Crippen LogP contribution in [0.2, 0.25) is 0 Å². The maximum absolute atomic E-state index is 13.3. The van der Waals surface area contributed by atoms with E-state index in [4.69, 9.17) is 0 Å². The van der Waals surface area contributed by atoms with Crippen molar-refractivity contribution >= 4 is 6.09 Å². The highest BCUT2D eigenvalue weighted by Crippen LogP contribution is 2.57. The zero-order valence-electron chi connectivity index (χ0n) is 11.2. The van der Waals surface area contributed by atoms with Crippen LogP contribution >= 0.6 is 0 Å². The van der Waals surface area contributed by atoms with Crippen LogP contribution in [0.25, 0.3) is 0 Å². The van der Waals surface area contributed by atoms with E-state index in [-0.39, 0.29) is 0 Å². The van der Waals surface area contributed by atoms with Gasteiger partial charge in [0.15, 0.2) is 0 Å². The molecule has 0 spiro atoms. The van der Waals surface area contributed by atoms with Gasteiger partial charge in [-0.3, -0.25) is 9.88 Å². The number of halogens is 1. The minimum atomic E-state index is -1.05. The van der Waals surface area contributed by atoms with Crippen molar-refractivity contribution in [1.29, 1.82) is 0 Å². The minimum absolute atomic E-state index is 0.336. The van der Waals surface area contributed by atoms with Crippen LogP contribution in [0.3, 0.4) is 0 Å². The molecule has 0 unspecified atom stereocenters. The molecule has 0 aliphatic carbocycles. The number of hydrogen-bond donors (Lipinski definition) is 2. The Hall–Kier alpha value is -1.69. The van der Waals surface area contributed by atoms with Crippen LogP contribution in [-0.2, 0) is 0 Å².